The number of hydrogen-bond donors (Lipinski definition) is 2. The molecule has 104 valence electrons. The zero-order valence-electron chi connectivity index (χ0n) is 11.1. The Balaban J connectivity index is 1.58. The maximum absolute atomic E-state index is 11.6. The van der Waals surface area contributed by atoms with Gasteiger partial charge in [0.25, 0.3) is 0 Å². The van der Waals surface area contributed by atoms with Crippen LogP contribution in [0.1, 0.15) is 5.69 Å². The predicted molar refractivity (Wildman–Crippen MR) is 83.9 cm³/mol. The van der Waals surface area contributed by atoms with Crippen molar-refractivity contribution >= 4 is 23.5 Å². The molecule has 2 amide bonds. The number of hydrogen-bond acceptors (Lipinski definition) is 3. The van der Waals surface area contributed by atoms with Crippen molar-refractivity contribution < 1.29 is 4.79 Å². The SMILES string of the molecule is O=C(NCCSCc1ccccn1)Nc1ccccc1. The van der Waals surface area contributed by atoms with Crippen molar-refractivity contribution in [1.82, 2.24) is 10.3 Å². The van der Waals surface area contributed by atoms with Gasteiger partial charge in [0.2, 0.25) is 0 Å². The number of benzene rings is 1. The first-order valence-corrected chi connectivity index (χ1v) is 7.57. The van der Waals surface area contributed by atoms with Gasteiger partial charge in [-0.25, -0.2) is 4.79 Å². The van der Waals surface area contributed by atoms with Crippen LogP contribution in [0.3, 0.4) is 0 Å². The van der Waals surface area contributed by atoms with Gasteiger partial charge in [-0.3, -0.25) is 4.98 Å². The third-order valence-corrected chi connectivity index (χ3v) is 3.53. The molecule has 2 N–H and O–H groups in total. The number of urea groups is 1. The Labute approximate surface area is 123 Å². The lowest BCUT2D eigenvalue weighted by Crippen LogP contribution is -2.30. The molecule has 0 fully saturated rings. The molecule has 0 aliphatic heterocycles. The Hall–Kier alpha value is -2.01. The van der Waals surface area contributed by atoms with E-state index in [0.29, 0.717) is 6.54 Å². The van der Waals surface area contributed by atoms with Crippen molar-refractivity contribution in [3.63, 3.8) is 0 Å². The first kappa shape index (κ1) is 14.4. The van der Waals surface area contributed by atoms with Crippen molar-refractivity contribution in [3.8, 4) is 0 Å². The van der Waals surface area contributed by atoms with E-state index in [4.69, 9.17) is 0 Å². The van der Waals surface area contributed by atoms with Crippen LogP contribution in [0, 0.1) is 0 Å². The van der Waals surface area contributed by atoms with Gasteiger partial charge in [0.1, 0.15) is 0 Å². The smallest absolute Gasteiger partial charge is 0.319 e. The highest BCUT2D eigenvalue weighted by Gasteiger charge is 2.00. The molecule has 20 heavy (non-hydrogen) atoms. The summed E-state index contributed by atoms with van der Waals surface area (Å²) in [6, 6.07) is 15.1. The van der Waals surface area contributed by atoms with Gasteiger partial charge in [-0.15, -0.1) is 0 Å². The highest BCUT2D eigenvalue weighted by atomic mass is 32.2. The lowest BCUT2D eigenvalue weighted by atomic mass is 10.3. The summed E-state index contributed by atoms with van der Waals surface area (Å²) in [5.41, 5.74) is 1.86. The monoisotopic (exact) mass is 287 g/mol. The molecule has 2 rings (SSSR count). The zero-order valence-corrected chi connectivity index (χ0v) is 11.9. The Morgan fingerprint density at radius 1 is 1.10 bits per heavy atom. The number of thioether (sulfide) groups is 1. The second kappa shape index (κ2) is 8.22. The number of amides is 2. The minimum Gasteiger partial charge on any atom is -0.337 e. The minimum atomic E-state index is -0.172. The Bertz CT molecular complexity index is 519. The molecule has 1 heterocycles. The van der Waals surface area contributed by atoms with Crippen molar-refractivity contribution in [1.29, 1.82) is 0 Å². The predicted octanol–water partition coefficient (Wildman–Crippen LogP) is 3.14. The van der Waals surface area contributed by atoms with Gasteiger partial charge >= 0.3 is 6.03 Å². The number of rotatable bonds is 6. The summed E-state index contributed by atoms with van der Waals surface area (Å²) in [7, 11) is 0. The van der Waals surface area contributed by atoms with E-state index in [9.17, 15) is 4.79 Å². The fourth-order valence-electron chi connectivity index (χ4n) is 1.59. The summed E-state index contributed by atoms with van der Waals surface area (Å²) in [4.78, 5) is 15.8. The maximum Gasteiger partial charge on any atom is 0.319 e. The van der Waals surface area contributed by atoms with Gasteiger partial charge in [0.05, 0.1) is 5.69 Å². The molecule has 0 bridgehead atoms. The number of carbonyl (C=O) groups is 1. The number of nitrogens with zero attached hydrogens (tertiary/aromatic N) is 1. The van der Waals surface area contributed by atoms with Crippen molar-refractivity contribution in [3.05, 3.63) is 60.4 Å². The van der Waals surface area contributed by atoms with Gasteiger partial charge in [-0.05, 0) is 24.3 Å². The lowest BCUT2D eigenvalue weighted by Gasteiger charge is -2.07. The molecule has 0 saturated heterocycles. The number of anilines is 1. The zero-order chi connectivity index (χ0) is 14.0. The summed E-state index contributed by atoms with van der Waals surface area (Å²) in [5, 5.41) is 5.60. The Morgan fingerprint density at radius 3 is 2.65 bits per heavy atom. The molecule has 0 atom stereocenters. The molecule has 0 aliphatic carbocycles. The van der Waals surface area contributed by atoms with E-state index >= 15 is 0 Å². The highest BCUT2D eigenvalue weighted by Crippen LogP contribution is 2.08. The molecule has 1 aromatic carbocycles. The topological polar surface area (TPSA) is 54.0 Å². The number of nitrogens with one attached hydrogen (secondary N) is 2. The van der Waals surface area contributed by atoms with Crippen LogP contribution in [-0.4, -0.2) is 23.3 Å². The van der Waals surface area contributed by atoms with Crippen LogP contribution in [0.15, 0.2) is 54.7 Å². The van der Waals surface area contributed by atoms with Crippen LogP contribution in [0.5, 0.6) is 0 Å². The Morgan fingerprint density at radius 2 is 1.90 bits per heavy atom. The molecule has 4 nitrogen and oxygen atoms in total. The number of carbonyl (C=O) groups excluding carboxylic acids is 1. The van der Waals surface area contributed by atoms with Crippen LogP contribution in [0.4, 0.5) is 10.5 Å². The van der Waals surface area contributed by atoms with E-state index in [0.717, 1.165) is 22.9 Å². The third-order valence-electron chi connectivity index (χ3n) is 2.54. The normalized spacial score (nSPS) is 10.0. The van der Waals surface area contributed by atoms with Crippen molar-refractivity contribution in [2.45, 2.75) is 5.75 Å². The fourth-order valence-corrected chi connectivity index (χ4v) is 2.36. The molecule has 0 radical (unpaired) electrons. The van der Waals surface area contributed by atoms with Crippen molar-refractivity contribution in [2.75, 3.05) is 17.6 Å². The second-order valence-corrected chi connectivity index (χ2v) is 5.23. The van der Waals surface area contributed by atoms with E-state index in [2.05, 4.69) is 15.6 Å². The lowest BCUT2D eigenvalue weighted by molar-refractivity contribution is 0.252. The van der Waals surface area contributed by atoms with E-state index < -0.39 is 0 Å². The van der Waals surface area contributed by atoms with Crippen molar-refractivity contribution in [2.24, 2.45) is 0 Å². The average molecular weight is 287 g/mol. The van der Waals surface area contributed by atoms with Gasteiger partial charge in [-0.2, -0.15) is 11.8 Å². The molecule has 0 unspecified atom stereocenters. The molecular weight excluding hydrogens is 270 g/mol. The van der Waals surface area contributed by atoms with E-state index in [-0.39, 0.29) is 6.03 Å². The number of para-hydroxylation sites is 1. The summed E-state index contributed by atoms with van der Waals surface area (Å²) in [6.45, 7) is 0.635. The van der Waals surface area contributed by atoms with Gasteiger partial charge in [-0.1, -0.05) is 24.3 Å². The minimum absolute atomic E-state index is 0.172. The maximum atomic E-state index is 11.6. The van der Waals surface area contributed by atoms with Gasteiger partial charge in [0.15, 0.2) is 0 Å². The molecular formula is C15H17N3OS. The van der Waals surface area contributed by atoms with Gasteiger partial charge in [0, 0.05) is 29.9 Å². The summed E-state index contributed by atoms with van der Waals surface area (Å²) < 4.78 is 0. The van der Waals surface area contributed by atoms with E-state index in [1.165, 1.54) is 0 Å². The van der Waals surface area contributed by atoms with Crippen LogP contribution in [0.25, 0.3) is 0 Å². The number of pyridine rings is 1. The third kappa shape index (κ3) is 5.32. The first-order valence-electron chi connectivity index (χ1n) is 6.42. The average Bonchev–Trinajstić information content (AvgIpc) is 2.49. The molecule has 0 aliphatic rings. The van der Waals surface area contributed by atoms with Crippen LogP contribution in [0.2, 0.25) is 0 Å². The van der Waals surface area contributed by atoms with Crippen LogP contribution in [-0.2, 0) is 5.75 Å². The second-order valence-electron chi connectivity index (χ2n) is 4.12. The summed E-state index contributed by atoms with van der Waals surface area (Å²) >= 11 is 1.75. The fraction of sp³-hybridized carbons (Fsp3) is 0.200. The summed E-state index contributed by atoms with van der Waals surface area (Å²) in [5.74, 6) is 1.72. The molecule has 1 aromatic heterocycles. The quantitative estimate of drug-likeness (QED) is 0.803. The molecule has 5 heteroatoms. The first-order chi connectivity index (χ1) is 9.84. The van der Waals surface area contributed by atoms with Crippen LogP contribution < -0.4 is 10.6 Å². The molecule has 0 saturated carbocycles. The largest absolute Gasteiger partial charge is 0.337 e. The standard InChI is InChI=1S/C15H17N3OS/c19-15(18-13-6-2-1-3-7-13)17-10-11-20-12-14-8-4-5-9-16-14/h1-9H,10-12H2,(H2,17,18,19). The van der Waals surface area contributed by atoms with E-state index in [1.54, 1.807) is 18.0 Å². The highest BCUT2D eigenvalue weighted by molar-refractivity contribution is 7.98. The van der Waals surface area contributed by atoms with Gasteiger partial charge < -0.3 is 10.6 Å². The van der Waals surface area contributed by atoms with Crippen LogP contribution >= 0.6 is 11.8 Å². The summed E-state index contributed by atoms with van der Waals surface area (Å²) in [6.07, 6.45) is 1.79. The molecule has 2 aromatic rings. The number of aromatic nitrogens is 1. The molecule has 0 spiro atoms. The Kier molecular flexibility index (Phi) is 5.92. The van der Waals surface area contributed by atoms with E-state index in [1.807, 2.05) is 48.5 Å².